The zero-order valence-electron chi connectivity index (χ0n) is 13.6. The van der Waals surface area contributed by atoms with Gasteiger partial charge in [-0.1, -0.05) is 20.3 Å². The first-order valence-corrected chi connectivity index (χ1v) is 8.18. The van der Waals surface area contributed by atoms with Crippen molar-refractivity contribution in [1.82, 2.24) is 10.2 Å². The Bertz CT molecular complexity index is 393. The van der Waals surface area contributed by atoms with Gasteiger partial charge in [-0.2, -0.15) is 0 Å². The monoisotopic (exact) mass is 296 g/mol. The van der Waals surface area contributed by atoms with Crippen LogP contribution in [0.3, 0.4) is 0 Å². The molecule has 1 saturated heterocycles. The Balaban J connectivity index is 2.08. The lowest BCUT2D eigenvalue weighted by molar-refractivity contribution is -0.152. The fourth-order valence-electron chi connectivity index (χ4n) is 2.90. The summed E-state index contributed by atoms with van der Waals surface area (Å²) in [6.07, 6.45) is 3.10. The fourth-order valence-corrected chi connectivity index (χ4v) is 2.90. The molecular weight excluding hydrogens is 268 g/mol. The number of hydrogen-bond acceptors (Lipinski definition) is 3. The number of ether oxygens (including phenoxy) is 1. The third kappa shape index (κ3) is 3.76. The van der Waals surface area contributed by atoms with E-state index in [0.29, 0.717) is 19.1 Å². The number of piperazine rings is 1. The number of hydrogen-bond donors (Lipinski definition) is 1. The first kappa shape index (κ1) is 16.3. The third-order valence-electron chi connectivity index (χ3n) is 4.52. The smallest absolute Gasteiger partial charge is 0.246 e. The van der Waals surface area contributed by atoms with Crippen LogP contribution in [0.2, 0.25) is 0 Å². The molecule has 1 N–H and O–H groups in total. The van der Waals surface area contributed by atoms with Gasteiger partial charge in [0, 0.05) is 6.54 Å². The quantitative estimate of drug-likeness (QED) is 0.775. The summed E-state index contributed by atoms with van der Waals surface area (Å²) in [5.74, 6) is 0.584. The lowest BCUT2D eigenvalue weighted by Crippen LogP contribution is -2.66. The number of amides is 2. The third-order valence-corrected chi connectivity index (χ3v) is 4.52. The predicted molar refractivity (Wildman–Crippen MR) is 80.7 cm³/mol. The van der Waals surface area contributed by atoms with Crippen molar-refractivity contribution in [3.63, 3.8) is 0 Å². The number of nitrogens with zero attached hydrogens (tertiary/aromatic N) is 1. The van der Waals surface area contributed by atoms with Crippen molar-refractivity contribution in [2.75, 3.05) is 13.2 Å². The zero-order chi connectivity index (χ0) is 15.6. The lowest BCUT2D eigenvalue weighted by atomic mass is 9.93. The summed E-state index contributed by atoms with van der Waals surface area (Å²) in [6, 6.07) is -0.662. The molecule has 1 aliphatic carbocycles. The molecule has 21 heavy (non-hydrogen) atoms. The van der Waals surface area contributed by atoms with Gasteiger partial charge in [0.1, 0.15) is 12.1 Å². The molecule has 5 nitrogen and oxygen atoms in total. The summed E-state index contributed by atoms with van der Waals surface area (Å²) in [7, 11) is 0. The number of carbonyl (C=O) groups is 2. The van der Waals surface area contributed by atoms with E-state index in [0.717, 1.165) is 19.3 Å². The SMILES string of the molecule is CCC(C)C1NC(=O)C(C2CC2)N(CCOC(C)C)C1=O. The van der Waals surface area contributed by atoms with Gasteiger partial charge in [0.05, 0.1) is 12.7 Å². The van der Waals surface area contributed by atoms with Gasteiger partial charge in [-0.05, 0) is 38.5 Å². The van der Waals surface area contributed by atoms with Gasteiger partial charge >= 0.3 is 0 Å². The standard InChI is InChI=1S/C16H28N2O3/c1-5-11(4)13-16(20)18(8-9-21-10(2)3)14(12-6-7-12)15(19)17-13/h10-14H,5-9H2,1-4H3,(H,17,19). The molecule has 0 radical (unpaired) electrons. The number of carbonyl (C=O) groups excluding carboxylic acids is 2. The normalized spacial score (nSPS) is 28.0. The average molecular weight is 296 g/mol. The van der Waals surface area contributed by atoms with Crippen LogP contribution in [0.25, 0.3) is 0 Å². The van der Waals surface area contributed by atoms with Crippen molar-refractivity contribution in [3.8, 4) is 0 Å². The first-order chi connectivity index (χ1) is 9.95. The summed E-state index contributed by atoms with van der Waals surface area (Å²) in [5.41, 5.74) is 0. The summed E-state index contributed by atoms with van der Waals surface area (Å²) in [5, 5.41) is 2.95. The highest BCUT2D eigenvalue weighted by molar-refractivity contribution is 5.97. The Kier molecular flexibility index (Phi) is 5.25. The molecule has 3 atom stereocenters. The van der Waals surface area contributed by atoms with E-state index in [-0.39, 0.29) is 35.9 Å². The van der Waals surface area contributed by atoms with Crippen LogP contribution in [0.1, 0.15) is 47.0 Å². The van der Waals surface area contributed by atoms with Crippen molar-refractivity contribution >= 4 is 11.8 Å². The highest BCUT2D eigenvalue weighted by atomic mass is 16.5. The van der Waals surface area contributed by atoms with Gasteiger partial charge in [0.25, 0.3) is 0 Å². The van der Waals surface area contributed by atoms with Crippen LogP contribution in [-0.2, 0) is 14.3 Å². The van der Waals surface area contributed by atoms with E-state index >= 15 is 0 Å². The Morgan fingerprint density at radius 2 is 1.95 bits per heavy atom. The highest BCUT2D eigenvalue weighted by Gasteiger charge is 2.48. The van der Waals surface area contributed by atoms with E-state index in [9.17, 15) is 9.59 Å². The molecule has 0 spiro atoms. The van der Waals surface area contributed by atoms with Crippen molar-refractivity contribution in [2.45, 2.75) is 65.1 Å². The van der Waals surface area contributed by atoms with Crippen LogP contribution < -0.4 is 5.32 Å². The van der Waals surface area contributed by atoms with E-state index in [4.69, 9.17) is 4.74 Å². The molecule has 2 amide bonds. The Hall–Kier alpha value is -1.10. The molecule has 2 fully saturated rings. The van der Waals surface area contributed by atoms with Crippen LogP contribution in [0, 0.1) is 11.8 Å². The number of nitrogens with one attached hydrogen (secondary N) is 1. The van der Waals surface area contributed by atoms with E-state index in [2.05, 4.69) is 5.32 Å². The van der Waals surface area contributed by atoms with Crippen molar-refractivity contribution in [2.24, 2.45) is 11.8 Å². The second-order valence-electron chi connectivity index (χ2n) is 6.61. The summed E-state index contributed by atoms with van der Waals surface area (Å²) < 4.78 is 5.57. The topological polar surface area (TPSA) is 58.6 Å². The van der Waals surface area contributed by atoms with Gasteiger partial charge in [0.15, 0.2) is 0 Å². The van der Waals surface area contributed by atoms with Crippen LogP contribution in [0.15, 0.2) is 0 Å². The molecular formula is C16H28N2O3. The Morgan fingerprint density at radius 1 is 1.29 bits per heavy atom. The van der Waals surface area contributed by atoms with E-state index < -0.39 is 0 Å². The van der Waals surface area contributed by atoms with E-state index in [1.54, 1.807) is 4.90 Å². The molecule has 2 aliphatic rings. The summed E-state index contributed by atoms with van der Waals surface area (Å²) >= 11 is 0. The molecule has 0 bridgehead atoms. The molecule has 0 aromatic carbocycles. The van der Waals surface area contributed by atoms with Gasteiger partial charge < -0.3 is 15.0 Å². The second-order valence-corrected chi connectivity index (χ2v) is 6.61. The van der Waals surface area contributed by atoms with Crippen molar-refractivity contribution < 1.29 is 14.3 Å². The Morgan fingerprint density at radius 3 is 2.48 bits per heavy atom. The van der Waals surface area contributed by atoms with Crippen molar-refractivity contribution in [1.29, 1.82) is 0 Å². The van der Waals surface area contributed by atoms with Crippen LogP contribution in [0.5, 0.6) is 0 Å². The second kappa shape index (κ2) is 6.77. The molecule has 5 heteroatoms. The molecule has 0 aromatic rings. The minimum Gasteiger partial charge on any atom is -0.377 e. The minimum atomic E-state index is -0.378. The van der Waals surface area contributed by atoms with Gasteiger partial charge in [-0.15, -0.1) is 0 Å². The number of rotatable bonds is 7. The largest absolute Gasteiger partial charge is 0.377 e. The molecule has 1 heterocycles. The van der Waals surface area contributed by atoms with E-state index in [1.807, 2.05) is 27.7 Å². The molecule has 1 saturated carbocycles. The summed E-state index contributed by atoms with van der Waals surface area (Å²) in [4.78, 5) is 26.9. The van der Waals surface area contributed by atoms with Gasteiger partial charge in [-0.3, -0.25) is 9.59 Å². The van der Waals surface area contributed by atoms with Crippen LogP contribution >= 0.6 is 0 Å². The Labute approximate surface area is 127 Å². The maximum atomic E-state index is 12.7. The van der Waals surface area contributed by atoms with Gasteiger partial charge in [0.2, 0.25) is 11.8 Å². The maximum absolute atomic E-state index is 12.7. The fraction of sp³-hybridized carbons (Fsp3) is 0.875. The molecule has 0 aromatic heterocycles. The summed E-state index contributed by atoms with van der Waals surface area (Å²) in [6.45, 7) is 9.02. The maximum Gasteiger partial charge on any atom is 0.246 e. The predicted octanol–water partition coefficient (Wildman–Crippen LogP) is 1.56. The van der Waals surface area contributed by atoms with E-state index in [1.165, 1.54) is 0 Å². The average Bonchev–Trinajstić information content (AvgIpc) is 3.25. The first-order valence-electron chi connectivity index (χ1n) is 8.18. The zero-order valence-corrected chi connectivity index (χ0v) is 13.6. The molecule has 3 unspecified atom stereocenters. The highest BCUT2D eigenvalue weighted by Crippen LogP contribution is 2.37. The van der Waals surface area contributed by atoms with Crippen LogP contribution in [0.4, 0.5) is 0 Å². The van der Waals surface area contributed by atoms with Gasteiger partial charge in [-0.25, -0.2) is 0 Å². The lowest BCUT2D eigenvalue weighted by Gasteiger charge is -2.41. The minimum absolute atomic E-state index is 0.0203. The van der Waals surface area contributed by atoms with Crippen LogP contribution in [-0.4, -0.2) is 48.1 Å². The molecule has 120 valence electrons. The molecule has 1 aliphatic heterocycles. The molecule has 2 rings (SSSR count). The van der Waals surface area contributed by atoms with Crippen molar-refractivity contribution in [3.05, 3.63) is 0 Å².